The summed E-state index contributed by atoms with van der Waals surface area (Å²) < 4.78 is 25.8. The average molecular weight is 475 g/mol. The Bertz CT molecular complexity index is 1060. The SMILES string of the molecule is CC(C)Oc1ccc(N=C2N=C(OCc3ccc(Cl)cc3)N(C(C)(C)C)CC(=O)N2)cc1F. The highest BCUT2D eigenvalue weighted by Crippen LogP contribution is 2.25. The number of ether oxygens (including phenoxy) is 2. The van der Waals surface area contributed by atoms with E-state index in [1.807, 2.05) is 46.8 Å². The number of carbonyl (C=O) groups excluding carboxylic acids is 1. The number of hydrogen-bond acceptors (Lipinski definition) is 5. The number of guanidine groups is 1. The molecule has 7 nitrogen and oxygen atoms in total. The number of carbonyl (C=O) groups is 1. The Morgan fingerprint density at radius 1 is 1.21 bits per heavy atom. The summed E-state index contributed by atoms with van der Waals surface area (Å²) in [4.78, 5) is 23.1. The summed E-state index contributed by atoms with van der Waals surface area (Å²) in [7, 11) is 0. The van der Waals surface area contributed by atoms with E-state index in [1.165, 1.54) is 12.1 Å². The molecule has 0 aromatic heterocycles. The van der Waals surface area contributed by atoms with E-state index < -0.39 is 11.4 Å². The Balaban J connectivity index is 1.92. The number of amides is 1. The number of amidine groups is 1. The summed E-state index contributed by atoms with van der Waals surface area (Å²) in [6.07, 6.45) is -0.161. The molecule has 9 heteroatoms. The highest BCUT2D eigenvalue weighted by Gasteiger charge is 2.31. The number of halogens is 2. The minimum atomic E-state index is -0.551. The van der Waals surface area contributed by atoms with Crippen molar-refractivity contribution in [3.8, 4) is 5.75 Å². The Morgan fingerprint density at radius 2 is 1.91 bits per heavy atom. The van der Waals surface area contributed by atoms with Crippen molar-refractivity contribution in [1.82, 2.24) is 10.2 Å². The normalized spacial score (nSPS) is 15.9. The van der Waals surface area contributed by atoms with Gasteiger partial charge in [0, 0.05) is 16.6 Å². The van der Waals surface area contributed by atoms with Crippen LogP contribution >= 0.6 is 11.6 Å². The number of nitrogens with zero attached hydrogens (tertiary/aromatic N) is 3. The van der Waals surface area contributed by atoms with Gasteiger partial charge in [0.25, 0.3) is 6.02 Å². The number of nitrogens with one attached hydrogen (secondary N) is 1. The van der Waals surface area contributed by atoms with Crippen molar-refractivity contribution in [2.45, 2.75) is 52.9 Å². The second-order valence-corrected chi connectivity index (χ2v) is 9.27. The van der Waals surface area contributed by atoms with Gasteiger partial charge in [-0.1, -0.05) is 23.7 Å². The molecular weight excluding hydrogens is 447 g/mol. The maximum atomic E-state index is 14.4. The third kappa shape index (κ3) is 6.92. The molecule has 0 aliphatic carbocycles. The summed E-state index contributed by atoms with van der Waals surface area (Å²) in [5.74, 6) is -0.717. The Hall–Kier alpha value is -3.13. The smallest absolute Gasteiger partial charge is 0.296 e. The molecule has 0 saturated heterocycles. The maximum absolute atomic E-state index is 14.4. The van der Waals surface area contributed by atoms with E-state index >= 15 is 0 Å². The van der Waals surface area contributed by atoms with Crippen LogP contribution in [0.2, 0.25) is 5.02 Å². The summed E-state index contributed by atoms with van der Waals surface area (Å²) in [5.41, 5.74) is 0.720. The van der Waals surface area contributed by atoms with Gasteiger partial charge in [0.1, 0.15) is 13.2 Å². The van der Waals surface area contributed by atoms with Gasteiger partial charge < -0.3 is 14.4 Å². The van der Waals surface area contributed by atoms with E-state index in [9.17, 15) is 9.18 Å². The Kier molecular flexibility index (Phi) is 7.58. The molecule has 33 heavy (non-hydrogen) atoms. The standard InChI is InChI=1S/C24H28ClFN4O3/c1-15(2)33-20-11-10-18(12-19(20)26)27-22-28-21(31)13-30(24(3,4)5)23(29-22)32-14-16-6-8-17(25)9-7-16/h6-12,15H,13-14H2,1-5H3,(H,27,28,31). The molecule has 1 heterocycles. The predicted molar refractivity (Wildman–Crippen MR) is 128 cm³/mol. The fraction of sp³-hybridized carbons (Fsp3) is 0.375. The second-order valence-electron chi connectivity index (χ2n) is 8.83. The fourth-order valence-electron chi connectivity index (χ4n) is 3.00. The number of aliphatic imine (C=N–C) groups is 2. The molecule has 0 fully saturated rings. The van der Waals surface area contributed by atoms with Crippen molar-refractivity contribution in [2.24, 2.45) is 9.98 Å². The van der Waals surface area contributed by atoms with Crippen LogP contribution in [0.3, 0.4) is 0 Å². The van der Waals surface area contributed by atoms with Crippen LogP contribution in [0.15, 0.2) is 52.4 Å². The lowest BCUT2D eigenvalue weighted by Crippen LogP contribution is -2.49. The first kappa shape index (κ1) is 24.5. The molecule has 176 valence electrons. The van der Waals surface area contributed by atoms with Crippen LogP contribution in [0.25, 0.3) is 0 Å². The molecule has 2 aromatic rings. The zero-order valence-corrected chi connectivity index (χ0v) is 20.1. The Morgan fingerprint density at radius 3 is 2.52 bits per heavy atom. The largest absolute Gasteiger partial charge is 0.488 e. The first-order valence-corrected chi connectivity index (χ1v) is 11.0. The van der Waals surface area contributed by atoms with Gasteiger partial charge in [0.15, 0.2) is 11.6 Å². The lowest BCUT2D eigenvalue weighted by Gasteiger charge is -2.35. The van der Waals surface area contributed by atoms with E-state index in [2.05, 4.69) is 15.3 Å². The summed E-state index contributed by atoms with van der Waals surface area (Å²) >= 11 is 5.95. The molecule has 0 unspecified atom stereocenters. The molecule has 1 amide bonds. The van der Waals surface area contributed by atoms with Crippen LogP contribution < -0.4 is 10.1 Å². The first-order chi connectivity index (χ1) is 15.5. The Labute approximate surface area is 198 Å². The van der Waals surface area contributed by atoms with Gasteiger partial charge in [0.05, 0.1) is 11.8 Å². The van der Waals surface area contributed by atoms with Crippen molar-refractivity contribution in [1.29, 1.82) is 0 Å². The second kappa shape index (κ2) is 10.2. The monoisotopic (exact) mass is 474 g/mol. The average Bonchev–Trinajstić information content (AvgIpc) is 2.87. The minimum absolute atomic E-state index is 0.00906. The molecule has 0 bridgehead atoms. The predicted octanol–water partition coefficient (Wildman–Crippen LogP) is 5.06. The maximum Gasteiger partial charge on any atom is 0.296 e. The first-order valence-electron chi connectivity index (χ1n) is 10.6. The van der Waals surface area contributed by atoms with Crippen LogP contribution in [-0.2, 0) is 16.1 Å². The highest BCUT2D eigenvalue weighted by molar-refractivity contribution is 6.30. The summed E-state index contributed by atoms with van der Waals surface area (Å²) in [5, 5.41) is 3.29. The van der Waals surface area contributed by atoms with Gasteiger partial charge in [-0.2, -0.15) is 4.99 Å². The van der Waals surface area contributed by atoms with E-state index in [0.29, 0.717) is 5.02 Å². The molecule has 1 aliphatic heterocycles. The quantitative estimate of drug-likeness (QED) is 0.657. The van der Waals surface area contributed by atoms with Crippen LogP contribution in [0.5, 0.6) is 5.75 Å². The van der Waals surface area contributed by atoms with Gasteiger partial charge in [-0.3, -0.25) is 10.1 Å². The molecule has 0 atom stereocenters. The molecular formula is C24H28ClFN4O3. The third-order valence-corrected chi connectivity index (χ3v) is 4.84. The van der Waals surface area contributed by atoms with Crippen molar-refractivity contribution >= 4 is 35.2 Å². The van der Waals surface area contributed by atoms with Crippen LogP contribution in [-0.4, -0.2) is 41.0 Å². The zero-order valence-electron chi connectivity index (χ0n) is 19.4. The molecule has 3 rings (SSSR count). The molecule has 1 aliphatic rings. The highest BCUT2D eigenvalue weighted by atomic mass is 35.5. The van der Waals surface area contributed by atoms with Crippen LogP contribution in [0.4, 0.5) is 10.1 Å². The number of hydrogen-bond donors (Lipinski definition) is 1. The van der Waals surface area contributed by atoms with Crippen molar-refractivity contribution in [3.63, 3.8) is 0 Å². The third-order valence-electron chi connectivity index (χ3n) is 4.59. The molecule has 1 N–H and O–H groups in total. The lowest BCUT2D eigenvalue weighted by molar-refractivity contribution is -0.121. The molecule has 0 spiro atoms. The topological polar surface area (TPSA) is 75.5 Å². The van der Waals surface area contributed by atoms with Crippen LogP contribution in [0, 0.1) is 5.82 Å². The van der Waals surface area contributed by atoms with Crippen LogP contribution in [0.1, 0.15) is 40.2 Å². The summed E-state index contributed by atoms with van der Waals surface area (Å²) in [6.45, 7) is 9.73. The van der Waals surface area contributed by atoms with Crippen molar-refractivity contribution in [2.75, 3.05) is 6.54 Å². The number of benzene rings is 2. The fourth-order valence-corrected chi connectivity index (χ4v) is 3.13. The number of rotatable bonds is 5. The zero-order chi connectivity index (χ0) is 24.2. The molecule has 0 saturated carbocycles. The van der Waals surface area contributed by atoms with E-state index in [-0.39, 0.29) is 48.6 Å². The van der Waals surface area contributed by atoms with Gasteiger partial charge in [0.2, 0.25) is 11.9 Å². The van der Waals surface area contributed by atoms with Crippen molar-refractivity contribution < 1.29 is 18.7 Å². The van der Waals surface area contributed by atoms with Gasteiger partial charge in [-0.05, 0) is 64.4 Å². The van der Waals surface area contributed by atoms with Gasteiger partial charge in [-0.15, -0.1) is 0 Å². The molecule has 2 aromatic carbocycles. The summed E-state index contributed by atoms with van der Waals surface area (Å²) in [6, 6.07) is 11.8. The van der Waals surface area contributed by atoms with Gasteiger partial charge >= 0.3 is 0 Å². The van der Waals surface area contributed by atoms with E-state index in [1.54, 1.807) is 23.1 Å². The van der Waals surface area contributed by atoms with E-state index in [4.69, 9.17) is 21.1 Å². The van der Waals surface area contributed by atoms with E-state index in [0.717, 1.165) is 5.56 Å². The van der Waals surface area contributed by atoms with Crippen molar-refractivity contribution in [3.05, 3.63) is 58.9 Å². The lowest BCUT2D eigenvalue weighted by atomic mass is 10.1. The van der Waals surface area contributed by atoms with Gasteiger partial charge in [-0.25, -0.2) is 9.38 Å². The minimum Gasteiger partial charge on any atom is -0.488 e. The molecule has 0 radical (unpaired) electrons.